The van der Waals surface area contributed by atoms with Crippen molar-refractivity contribution in [3.63, 3.8) is 0 Å². The van der Waals surface area contributed by atoms with Crippen molar-refractivity contribution in [2.24, 2.45) is 47.3 Å². The number of rotatable bonds is 40. The van der Waals surface area contributed by atoms with Crippen molar-refractivity contribution in [1.82, 2.24) is 0 Å². The molecule has 0 aliphatic heterocycles. The zero-order valence-electron chi connectivity index (χ0n) is 43.5. The highest BCUT2D eigenvalue weighted by atomic mass is 31.2. The van der Waals surface area contributed by atoms with Crippen LogP contribution in [0.25, 0.3) is 0 Å². The van der Waals surface area contributed by atoms with E-state index < -0.39 is 26.7 Å². The van der Waals surface area contributed by atoms with Crippen LogP contribution in [0.2, 0.25) is 0 Å². The molecule has 0 spiro atoms. The third-order valence-corrected chi connectivity index (χ3v) is 12.4. The lowest BCUT2D eigenvalue weighted by molar-refractivity contribution is -0.870. The molecule has 338 valence electrons. The number of quaternary nitrogens is 1. The smallest absolute Gasteiger partial charge is 0.268 e. The molecule has 8 heteroatoms. The van der Waals surface area contributed by atoms with Crippen molar-refractivity contribution in [3.05, 3.63) is 0 Å². The Morgan fingerprint density at radius 1 is 0.500 bits per heavy atom. The van der Waals surface area contributed by atoms with Crippen LogP contribution in [0.15, 0.2) is 0 Å². The monoisotopic (exact) mass is 822 g/mol. The number of hydrogen-bond donors (Lipinski definition) is 0. The molecule has 7 nitrogen and oxygen atoms in total. The molecule has 0 aromatic rings. The summed E-state index contributed by atoms with van der Waals surface area (Å²) in [5, 5.41) is 0. The molecule has 0 bridgehead atoms. The van der Waals surface area contributed by atoms with Gasteiger partial charge >= 0.3 is 0 Å². The summed E-state index contributed by atoms with van der Waals surface area (Å²) in [5.41, 5.74) is 0. The highest BCUT2D eigenvalue weighted by molar-refractivity contribution is 7.45. The standard InChI is InChI=1S/C48H100NO6P/c1-40(2)20-14-22-42(5)24-16-26-44(7)28-18-30-46(9)32-35-52-38-48(39-55-56(50,51)54-37-34-49(11,12)13)53-36-33-47(10)31-19-29-45(8)27-17-25-43(6)23-15-21-41(3)4/h40-48H,14-39H2,1-13H3/t42-,43-,44-,45-,46-,47-,48+/m1/s1/i20D2,21D2. The molecule has 0 aromatic carbocycles. The lowest BCUT2D eigenvalue weighted by Crippen LogP contribution is -2.37. The van der Waals surface area contributed by atoms with Gasteiger partial charge in [0.25, 0.3) is 7.82 Å². The molecule has 0 saturated carbocycles. The summed E-state index contributed by atoms with van der Waals surface area (Å²) in [5.74, 6) is 3.71. The molecule has 0 N–H and O–H groups in total. The zero-order valence-corrected chi connectivity index (χ0v) is 40.4. The highest BCUT2D eigenvalue weighted by Gasteiger charge is 2.19. The first-order valence-corrected chi connectivity index (χ1v) is 24.8. The first-order valence-electron chi connectivity index (χ1n) is 25.3. The molecule has 0 radical (unpaired) electrons. The lowest BCUT2D eigenvalue weighted by Gasteiger charge is -2.28. The van der Waals surface area contributed by atoms with E-state index in [9.17, 15) is 9.46 Å². The van der Waals surface area contributed by atoms with Gasteiger partial charge in [0.15, 0.2) is 0 Å². The molecular formula is C48H100NO6P. The maximum atomic E-state index is 12.6. The third kappa shape index (κ3) is 38.2. The van der Waals surface area contributed by atoms with Gasteiger partial charge in [-0.05, 0) is 60.2 Å². The van der Waals surface area contributed by atoms with Gasteiger partial charge in [-0.15, -0.1) is 0 Å². The lowest BCUT2D eigenvalue weighted by atomic mass is 9.91. The number of phosphoric ester groups is 1. The molecule has 0 amide bonds. The average Bonchev–Trinajstić information content (AvgIpc) is 3.12. The van der Waals surface area contributed by atoms with E-state index in [4.69, 9.17) is 24.0 Å². The molecule has 0 fully saturated rings. The van der Waals surface area contributed by atoms with E-state index in [1.54, 1.807) is 0 Å². The largest absolute Gasteiger partial charge is 0.756 e. The summed E-state index contributed by atoms with van der Waals surface area (Å²) in [4.78, 5) is 12.6. The fraction of sp³-hybridized carbons (Fsp3) is 1.00. The van der Waals surface area contributed by atoms with Gasteiger partial charge in [0.05, 0.1) is 34.4 Å². The normalized spacial score (nSPS) is 19.1. The molecule has 0 aromatic heterocycles. The van der Waals surface area contributed by atoms with Crippen molar-refractivity contribution >= 4 is 7.82 Å². The van der Waals surface area contributed by atoms with Gasteiger partial charge in [0.1, 0.15) is 19.3 Å². The molecule has 56 heavy (non-hydrogen) atoms. The summed E-state index contributed by atoms with van der Waals surface area (Å²) < 4.78 is 68.6. The summed E-state index contributed by atoms with van der Waals surface area (Å²) in [6, 6.07) is 0. The number of ether oxygens (including phenoxy) is 2. The van der Waals surface area contributed by atoms with E-state index in [1.807, 2.05) is 48.8 Å². The molecule has 0 aliphatic carbocycles. The molecule has 0 aliphatic rings. The summed E-state index contributed by atoms with van der Waals surface area (Å²) in [7, 11) is 1.49. The van der Waals surface area contributed by atoms with E-state index in [0.717, 1.165) is 38.5 Å². The van der Waals surface area contributed by atoms with Gasteiger partial charge in [0.2, 0.25) is 0 Å². The minimum Gasteiger partial charge on any atom is -0.756 e. The van der Waals surface area contributed by atoms with Gasteiger partial charge < -0.3 is 27.9 Å². The first kappa shape index (κ1) is 48.7. The van der Waals surface area contributed by atoms with Crippen molar-refractivity contribution in [2.75, 3.05) is 60.7 Å². The van der Waals surface area contributed by atoms with Crippen LogP contribution in [-0.4, -0.2) is 71.3 Å². The Bertz CT molecular complexity index is 1090. The fourth-order valence-corrected chi connectivity index (χ4v) is 7.81. The van der Waals surface area contributed by atoms with Crippen LogP contribution in [0.1, 0.15) is 203 Å². The highest BCUT2D eigenvalue weighted by Crippen LogP contribution is 2.38. The minimum absolute atomic E-state index is 0.0643. The van der Waals surface area contributed by atoms with E-state index in [2.05, 4.69) is 41.5 Å². The number of nitrogens with zero attached hydrogens (tertiary/aromatic N) is 1. The van der Waals surface area contributed by atoms with Gasteiger partial charge in [-0.1, -0.05) is 185 Å². The third-order valence-electron chi connectivity index (χ3n) is 11.4. The summed E-state index contributed by atoms with van der Waals surface area (Å²) in [6.07, 6.45) is 16.8. The van der Waals surface area contributed by atoms with E-state index in [0.29, 0.717) is 72.6 Å². The van der Waals surface area contributed by atoms with Crippen molar-refractivity contribution in [3.8, 4) is 0 Å². The van der Waals surface area contributed by atoms with Gasteiger partial charge in [-0.2, -0.15) is 0 Å². The molecule has 1 unspecified atom stereocenters. The first-order chi connectivity index (χ1) is 27.7. The van der Waals surface area contributed by atoms with Crippen LogP contribution in [0, 0.1) is 47.3 Å². The van der Waals surface area contributed by atoms with Crippen LogP contribution in [0.3, 0.4) is 0 Å². The number of hydrogen-bond acceptors (Lipinski definition) is 6. The SMILES string of the molecule is [2H]C([2H])(CC[C@@H](C)CCC[C@@H](C)CCC[C@@H](C)CCOC[C@@H](COP(=O)([O-])OCC[N+](C)(C)C)OCC[C@H](C)CCC[C@H](C)CCC[C@H](C)CCC([2H])([2H])C(C)C)C(C)C. The average molecular weight is 822 g/mol. The topological polar surface area (TPSA) is 77.1 Å². The Balaban J connectivity index is 4.62. The van der Waals surface area contributed by atoms with Crippen LogP contribution in [0.5, 0.6) is 0 Å². The predicted molar refractivity (Wildman–Crippen MR) is 240 cm³/mol. The Kier molecular flexibility index (Phi) is 29.3. The van der Waals surface area contributed by atoms with Gasteiger partial charge in [-0.3, -0.25) is 4.57 Å². The fourth-order valence-electron chi connectivity index (χ4n) is 7.08. The molecule has 8 atom stereocenters. The second-order valence-corrected chi connectivity index (χ2v) is 21.3. The second kappa shape index (κ2) is 33.7. The molecule has 0 saturated heterocycles. The van der Waals surface area contributed by atoms with Crippen molar-refractivity contribution in [1.29, 1.82) is 0 Å². The zero-order chi connectivity index (χ0) is 46.0. The van der Waals surface area contributed by atoms with Crippen LogP contribution in [0.4, 0.5) is 0 Å². The van der Waals surface area contributed by atoms with Crippen LogP contribution >= 0.6 is 7.82 Å². The Morgan fingerprint density at radius 2 is 0.857 bits per heavy atom. The van der Waals surface area contributed by atoms with Crippen molar-refractivity contribution in [2.45, 2.75) is 204 Å². The van der Waals surface area contributed by atoms with Crippen LogP contribution in [-0.2, 0) is 23.1 Å². The predicted octanol–water partition coefficient (Wildman–Crippen LogP) is 13.5. The maximum absolute atomic E-state index is 12.6. The quantitative estimate of drug-likeness (QED) is 0.0348. The molecule has 0 heterocycles. The minimum atomic E-state index is -4.46. The summed E-state index contributed by atoms with van der Waals surface area (Å²) in [6.45, 7) is 23.6. The second-order valence-electron chi connectivity index (χ2n) is 19.9. The molecular weight excluding hydrogens is 718 g/mol. The number of likely N-dealkylation sites (N-methyl/N-ethyl adjacent to an activating group) is 1. The van der Waals surface area contributed by atoms with E-state index in [-0.39, 0.29) is 31.7 Å². The Hall–Kier alpha value is -0.0100. The van der Waals surface area contributed by atoms with E-state index >= 15 is 0 Å². The Morgan fingerprint density at radius 3 is 1.23 bits per heavy atom. The van der Waals surface area contributed by atoms with Crippen LogP contribution < -0.4 is 4.89 Å². The Labute approximate surface area is 356 Å². The van der Waals surface area contributed by atoms with Crippen molar-refractivity contribution < 1.29 is 37.9 Å². The van der Waals surface area contributed by atoms with Gasteiger partial charge in [-0.25, -0.2) is 0 Å². The maximum Gasteiger partial charge on any atom is 0.268 e. The van der Waals surface area contributed by atoms with E-state index in [1.165, 1.54) is 64.2 Å². The number of phosphoric acid groups is 1. The van der Waals surface area contributed by atoms with Gasteiger partial charge in [0, 0.05) is 18.7 Å². The molecule has 0 rings (SSSR count). The summed E-state index contributed by atoms with van der Waals surface area (Å²) >= 11 is 0.